The summed E-state index contributed by atoms with van der Waals surface area (Å²) in [5.74, 6) is -0.970. The van der Waals surface area contributed by atoms with E-state index in [9.17, 15) is 8.78 Å². The van der Waals surface area contributed by atoms with E-state index in [1.807, 2.05) is 6.08 Å². The third-order valence-corrected chi connectivity index (χ3v) is 3.87. The molecule has 108 valence electrons. The second-order valence-corrected chi connectivity index (χ2v) is 5.49. The number of allylic oxidation sites excluding steroid dienone is 4. The van der Waals surface area contributed by atoms with Crippen molar-refractivity contribution in [2.75, 3.05) is 0 Å². The first-order valence-electron chi connectivity index (χ1n) is 7.54. The highest BCUT2D eigenvalue weighted by Crippen LogP contribution is 2.27. The van der Waals surface area contributed by atoms with E-state index in [4.69, 9.17) is 0 Å². The SMILES string of the molecule is CCCCCCC1C=CC(c2ccc(F)c(F)c2)=CC1. The van der Waals surface area contributed by atoms with Crippen molar-refractivity contribution < 1.29 is 8.78 Å². The van der Waals surface area contributed by atoms with Crippen molar-refractivity contribution in [1.29, 1.82) is 0 Å². The average Bonchev–Trinajstić information content (AvgIpc) is 2.47. The van der Waals surface area contributed by atoms with Gasteiger partial charge in [-0.05, 0) is 42.0 Å². The number of halogens is 2. The van der Waals surface area contributed by atoms with Crippen molar-refractivity contribution in [2.24, 2.45) is 5.92 Å². The molecular formula is C18H22F2. The molecule has 1 aromatic carbocycles. The second-order valence-electron chi connectivity index (χ2n) is 5.49. The van der Waals surface area contributed by atoms with Crippen LogP contribution in [-0.2, 0) is 0 Å². The van der Waals surface area contributed by atoms with E-state index in [1.54, 1.807) is 6.07 Å². The predicted molar refractivity (Wildman–Crippen MR) is 80.3 cm³/mol. The summed E-state index contributed by atoms with van der Waals surface area (Å²) in [7, 11) is 0. The van der Waals surface area contributed by atoms with Gasteiger partial charge in [-0.15, -0.1) is 0 Å². The van der Waals surface area contributed by atoms with Gasteiger partial charge in [0.2, 0.25) is 0 Å². The normalized spacial score (nSPS) is 18.1. The lowest BCUT2D eigenvalue weighted by molar-refractivity contribution is 0.508. The van der Waals surface area contributed by atoms with Crippen LogP contribution in [0.4, 0.5) is 8.78 Å². The third-order valence-electron chi connectivity index (χ3n) is 3.87. The number of benzene rings is 1. The van der Waals surface area contributed by atoms with Crippen molar-refractivity contribution in [3.05, 3.63) is 53.6 Å². The molecule has 0 amide bonds. The highest BCUT2D eigenvalue weighted by Gasteiger charge is 2.11. The molecule has 2 heteroatoms. The van der Waals surface area contributed by atoms with E-state index >= 15 is 0 Å². The van der Waals surface area contributed by atoms with Crippen LogP contribution in [0.5, 0.6) is 0 Å². The molecule has 0 saturated carbocycles. The Bertz CT molecular complexity index is 500. The Morgan fingerprint density at radius 2 is 1.95 bits per heavy atom. The molecule has 0 radical (unpaired) electrons. The predicted octanol–water partition coefficient (Wildman–Crippen LogP) is 5.89. The first-order chi connectivity index (χ1) is 9.70. The summed E-state index contributed by atoms with van der Waals surface area (Å²) in [5, 5.41) is 0. The number of unbranched alkanes of at least 4 members (excludes halogenated alkanes) is 3. The fraction of sp³-hybridized carbons (Fsp3) is 0.444. The van der Waals surface area contributed by atoms with Gasteiger partial charge in [-0.2, -0.15) is 0 Å². The van der Waals surface area contributed by atoms with Crippen LogP contribution in [-0.4, -0.2) is 0 Å². The van der Waals surface area contributed by atoms with Crippen LogP contribution in [0, 0.1) is 17.6 Å². The van der Waals surface area contributed by atoms with Crippen LogP contribution in [0.1, 0.15) is 51.0 Å². The van der Waals surface area contributed by atoms with Crippen molar-refractivity contribution in [1.82, 2.24) is 0 Å². The Morgan fingerprint density at radius 3 is 2.60 bits per heavy atom. The number of rotatable bonds is 6. The summed E-state index contributed by atoms with van der Waals surface area (Å²) < 4.78 is 26.1. The molecule has 0 fully saturated rings. The summed E-state index contributed by atoms with van der Waals surface area (Å²) in [5.41, 5.74) is 1.75. The molecule has 0 bridgehead atoms. The molecule has 2 rings (SSSR count). The zero-order valence-electron chi connectivity index (χ0n) is 12.0. The van der Waals surface area contributed by atoms with Crippen LogP contribution in [0.3, 0.4) is 0 Å². The molecule has 0 aromatic heterocycles. The fourth-order valence-corrected chi connectivity index (χ4v) is 2.60. The minimum Gasteiger partial charge on any atom is -0.204 e. The highest BCUT2D eigenvalue weighted by molar-refractivity contribution is 5.74. The van der Waals surface area contributed by atoms with Gasteiger partial charge in [0.05, 0.1) is 0 Å². The van der Waals surface area contributed by atoms with Gasteiger partial charge in [-0.1, -0.05) is 56.9 Å². The maximum Gasteiger partial charge on any atom is 0.159 e. The zero-order valence-corrected chi connectivity index (χ0v) is 12.0. The average molecular weight is 276 g/mol. The molecule has 1 aromatic rings. The lowest BCUT2D eigenvalue weighted by atomic mass is 9.89. The molecule has 0 N–H and O–H groups in total. The van der Waals surface area contributed by atoms with E-state index in [0.29, 0.717) is 5.92 Å². The Balaban J connectivity index is 1.89. The first-order valence-corrected chi connectivity index (χ1v) is 7.54. The third kappa shape index (κ3) is 4.03. The maximum atomic E-state index is 13.2. The van der Waals surface area contributed by atoms with Crippen molar-refractivity contribution in [3.8, 4) is 0 Å². The van der Waals surface area contributed by atoms with E-state index < -0.39 is 11.6 Å². The molecule has 20 heavy (non-hydrogen) atoms. The Hall–Kier alpha value is -1.44. The molecule has 1 atom stereocenters. The van der Waals surface area contributed by atoms with Crippen molar-refractivity contribution in [2.45, 2.75) is 45.4 Å². The van der Waals surface area contributed by atoms with Crippen molar-refractivity contribution >= 4 is 5.57 Å². The highest BCUT2D eigenvalue weighted by atomic mass is 19.2. The van der Waals surface area contributed by atoms with Crippen LogP contribution in [0.2, 0.25) is 0 Å². The van der Waals surface area contributed by atoms with E-state index in [0.717, 1.165) is 17.6 Å². The van der Waals surface area contributed by atoms with Crippen molar-refractivity contribution in [3.63, 3.8) is 0 Å². The van der Waals surface area contributed by atoms with Crippen LogP contribution >= 0.6 is 0 Å². The van der Waals surface area contributed by atoms with Crippen LogP contribution < -0.4 is 0 Å². The molecule has 1 unspecified atom stereocenters. The summed E-state index contributed by atoms with van der Waals surface area (Å²) in [6.07, 6.45) is 13.8. The van der Waals surface area contributed by atoms with Crippen LogP contribution in [0.15, 0.2) is 36.4 Å². The Labute approximate surface area is 120 Å². The summed E-state index contributed by atoms with van der Waals surface area (Å²) in [6, 6.07) is 4.10. The molecule has 0 saturated heterocycles. The lowest BCUT2D eigenvalue weighted by Crippen LogP contribution is -2.00. The van der Waals surface area contributed by atoms with Gasteiger partial charge in [-0.25, -0.2) is 8.78 Å². The van der Waals surface area contributed by atoms with Gasteiger partial charge >= 0.3 is 0 Å². The van der Waals surface area contributed by atoms with Gasteiger partial charge in [0.25, 0.3) is 0 Å². The zero-order chi connectivity index (χ0) is 14.4. The van der Waals surface area contributed by atoms with Gasteiger partial charge in [-0.3, -0.25) is 0 Å². The topological polar surface area (TPSA) is 0 Å². The summed E-state index contributed by atoms with van der Waals surface area (Å²) in [6.45, 7) is 2.22. The standard InChI is InChI=1S/C18H22F2/c1-2-3-4-5-6-14-7-9-15(10-8-14)16-11-12-17(19)18(20)13-16/h7,9-14H,2-6,8H2,1H3. The largest absolute Gasteiger partial charge is 0.204 e. The fourth-order valence-electron chi connectivity index (χ4n) is 2.60. The molecule has 1 aliphatic rings. The minimum atomic E-state index is -0.789. The molecule has 0 heterocycles. The van der Waals surface area contributed by atoms with Gasteiger partial charge in [0, 0.05) is 0 Å². The van der Waals surface area contributed by atoms with Gasteiger partial charge < -0.3 is 0 Å². The summed E-state index contributed by atoms with van der Waals surface area (Å²) in [4.78, 5) is 0. The molecule has 1 aliphatic carbocycles. The van der Waals surface area contributed by atoms with E-state index in [1.165, 1.54) is 44.2 Å². The Kier molecular flexibility index (Phi) is 5.51. The molecule has 0 aliphatic heterocycles. The maximum absolute atomic E-state index is 13.2. The second kappa shape index (κ2) is 7.37. The molecular weight excluding hydrogens is 254 g/mol. The van der Waals surface area contributed by atoms with Crippen LogP contribution in [0.25, 0.3) is 5.57 Å². The quantitative estimate of drug-likeness (QED) is 0.568. The monoisotopic (exact) mass is 276 g/mol. The Morgan fingerprint density at radius 1 is 1.10 bits per heavy atom. The number of hydrogen-bond acceptors (Lipinski definition) is 0. The first kappa shape index (κ1) is 15.0. The minimum absolute atomic E-state index is 0.598. The lowest BCUT2D eigenvalue weighted by Gasteiger charge is -2.16. The molecule has 0 spiro atoms. The summed E-state index contributed by atoms with van der Waals surface area (Å²) >= 11 is 0. The van der Waals surface area contributed by atoms with E-state index in [-0.39, 0.29) is 0 Å². The smallest absolute Gasteiger partial charge is 0.159 e. The van der Waals surface area contributed by atoms with E-state index in [2.05, 4.69) is 19.1 Å². The molecule has 0 nitrogen and oxygen atoms in total. The van der Waals surface area contributed by atoms with Gasteiger partial charge in [0.15, 0.2) is 11.6 Å². The number of hydrogen-bond donors (Lipinski definition) is 0. The van der Waals surface area contributed by atoms with Gasteiger partial charge in [0.1, 0.15) is 0 Å².